The number of nitrogens with one attached hydrogen (secondary N) is 1. The summed E-state index contributed by atoms with van der Waals surface area (Å²) in [5, 5.41) is 2.94. The molecule has 1 aromatic heterocycles. The quantitative estimate of drug-likeness (QED) is 0.771. The smallest absolute Gasteiger partial charge is 0.255 e. The summed E-state index contributed by atoms with van der Waals surface area (Å²) < 4.78 is 5.46. The maximum atomic E-state index is 12.4. The second kappa shape index (κ2) is 5.05. The Morgan fingerprint density at radius 2 is 1.90 bits per heavy atom. The molecule has 3 aromatic rings. The Balaban J connectivity index is 1.91. The fourth-order valence-corrected chi connectivity index (χ4v) is 2.25. The van der Waals surface area contributed by atoms with Crippen molar-refractivity contribution in [3.63, 3.8) is 0 Å². The second-order valence-electron chi connectivity index (χ2n) is 5.19. The third-order valence-corrected chi connectivity index (χ3v) is 3.40. The van der Waals surface area contributed by atoms with Crippen LogP contribution in [0.2, 0.25) is 0 Å². The van der Waals surface area contributed by atoms with Crippen molar-refractivity contribution in [3.05, 3.63) is 59.0 Å². The number of hydrogen-bond donors (Lipinski definition) is 1. The molecule has 21 heavy (non-hydrogen) atoms. The molecule has 106 valence electrons. The lowest BCUT2D eigenvalue weighted by Gasteiger charge is -2.09. The lowest BCUT2D eigenvalue weighted by molar-refractivity contribution is 0.102. The first kappa shape index (κ1) is 13.4. The lowest BCUT2D eigenvalue weighted by atomic mass is 10.1. The van der Waals surface area contributed by atoms with Crippen molar-refractivity contribution < 1.29 is 9.21 Å². The molecule has 0 aliphatic heterocycles. The highest BCUT2D eigenvalue weighted by atomic mass is 16.3. The molecule has 0 radical (unpaired) electrons. The molecule has 0 fully saturated rings. The topological polar surface area (TPSA) is 55.1 Å². The molecule has 1 N–H and O–H groups in total. The third kappa shape index (κ3) is 2.65. The number of oxazole rings is 1. The Hall–Kier alpha value is -2.62. The van der Waals surface area contributed by atoms with E-state index in [2.05, 4.69) is 10.3 Å². The van der Waals surface area contributed by atoms with E-state index >= 15 is 0 Å². The van der Waals surface area contributed by atoms with E-state index in [1.54, 1.807) is 25.1 Å². The number of aryl methyl sites for hydroxylation is 3. The van der Waals surface area contributed by atoms with Gasteiger partial charge in [0.2, 0.25) is 0 Å². The molecule has 0 aliphatic carbocycles. The minimum Gasteiger partial charge on any atom is -0.441 e. The zero-order chi connectivity index (χ0) is 15.0. The SMILES string of the molecule is Cc1ccc(C)c(NC(=O)c2ccc3nc(C)oc3c2)c1. The Labute approximate surface area is 122 Å². The fourth-order valence-electron chi connectivity index (χ4n) is 2.25. The van der Waals surface area contributed by atoms with Crippen molar-refractivity contribution in [2.24, 2.45) is 0 Å². The highest BCUT2D eigenvalue weighted by molar-refractivity contribution is 6.06. The Bertz CT molecular complexity index is 834. The van der Waals surface area contributed by atoms with Crippen LogP contribution in [-0.2, 0) is 0 Å². The van der Waals surface area contributed by atoms with Crippen molar-refractivity contribution in [2.45, 2.75) is 20.8 Å². The number of amides is 1. The monoisotopic (exact) mass is 280 g/mol. The van der Waals surface area contributed by atoms with Crippen LogP contribution in [0, 0.1) is 20.8 Å². The van der Waals surface area contributed by atoms with E-state index in [0.717, 1.165) is 22.3 Å². The van der Waals surface area contributed by atoms with E-state index in [0.29, 0.717) is 17.0 Å². The van der Waals surface area contributed by atoms with E-state index < -0.39 is 0 Å². The molecular formula is C17H16N2O2. The van der Waals surface area contributed by atoms with Crippen LogP contribution in [0.3, 0.4) is 0 Å². The van der Waals surface area contributed by atoms with Crippen LogP contribution in [0.4, 0.5) is 5.69 Å². The predicted octanol–water partition coefficient (Wildman–Crippen LogP) is 4.01. The van der Waals surface area contributed by atoms with Gasteiger partial charge in [0.15, 0.2) is 11.5 Å². The number of rotatable bonds is 2. The highest BCUT2D eigenvalue weighted by Crippen LogP contribution is 2.20. The van der Waals surface area contributed by atoms with Gasteiger partial charge in [0.1, 0.15) is 5.52 Å². The number of aromatic nitrogens is 1. The van der Waals surface area contributed by atoms with E-state index in [9.17, 15) is 4.79 Å². The first-order valence-corrected chi connectivity index (χ1v) is 6.79. The predicted molar refractivity (Wildman–Crippen MR) is 82.6 cm³/mol. The van der Waals surface area contributed by atoms with Gasteiger partial charge < -0.3 is 9.73 Å². The number of anilines is 1. The molecule has 0 saturated heterocycles. The summed E-state index contributed by atoms with van der Waals surface area (Å²) in [7, 11) is 0. The maximum Gasteiger partial charge on any atom is 0.255 e. The third-order valence-electron chi connectivity index (χ3n) is 3.40. The molecule has 2 aromatic carbocycles. The van der Waals surface area contributed by atoms with Gasteiger partial charge in [-0.05, 0) is 49.2 Å². The number of hydrogen-bond acceptors (Lipinski definition) is 3. The molecule has 1 heterocycles. The van der Waals surface area contributed by atoms with Gasteiger partial charge in [-0.15, -0.1) is 0 Å². The average Bonchev–Trinajstić information content (AvgIpc) is 2.81. The summed E-state index contributed by atoms with van der Waals surface area (Å²) in [4.78, 5) is 16.6. The number of fused-ring (bicyclic) bond motifs is 1. The molecule has 0 bridgehead atoms. The minimum atomic E-state index is -0.153. The molecule has 3 rings (SSSR count). The molecule has 1 amide bonds. The summed E-state index contributed by atoms with van der Waals surface area (Å²) in [6.07, 6.45) is 0. The van der Waals surface area contributed by atoms with Crippen LogP contribution in [-0.4, -0.2) is 10.9 Å². The molecule has 0 saturated carbocycles. The van der Waals surface area contributed by atoms with E-state index in [1.165, 1.54) is 0 Å². The summed E-state index contributed by atoms with van der Waals surface area (Å²) in [6, 6.07) is 11.2. The van der Waals surface area contributed by atoms with Crippen LogP contribution in [0.15, 0.2) is 40.8 Å². The molecule has 4 heteroatoms. The minimum absolute atomic E-state index is 0.153. The Kier molecular flexibility index (Phi) is 3.22. The number of carbonyl (C=O) groups is 1. The first-order chi connectivity index (χ1) is 10.0. The van der Waals surface area contributed by atoms with E-state index in [1.807, 2.05) is 32.0 Å². The van der Waals surface area contributed by atoms with Gasteiger partial charge in [-0.25, -0.2) is 4.98 Å². The van der Waals surface area contributed by atoms with Crippen LogP contribution in [0.25, 0.3) is 11.1 Å². The van der Waals surface area contributed by atoms with Crippen molar-refractivity contribution in [1.29, 1.82) is 0 Å². The van der Waals surface area contributed by atoms with E-state index in [4.69, 9.17) is 4.42 Å². The zero-order valence-corrected chi connectivity index (χ0v) is 12.2. The molecule has 0 unspecified atom stereocenters. The second-order valence-corrected chi connectivity index (χ2v) is 5.19. The normalized spacial score (nSPS) is 10.8. The largest absolute Gasteiger partial charge is 0.441 e. The first-order valence-electron chi connectivity index (χ1n) is 6.79. The summed E-state index contributed by atoms with van der Waals surface area (Å²) in [6.45, 7) is 5.76. The van der Waals surface area contributed by atoms with E-state index in [-0.39, 0.29) is 5.91 Å². The van der Waals surface area contributed by atoms with Gasteiger partial charge in [-0.3, -0.25) is 4.79 Å². The maximum absolute atomic E-state index is 12.4. The Morgan fingerprint density at radius 3 is 2.71 bits per heavy atom. The van der Waals surface area contributed by atoms with Crippen molar-refractivity contribution in [1.82, 2.24) is 4.98 Å². The molecule has 0 aliphatic rings. The van der Waals surface area contributed by atoms with Gasteiger partial charge in [0, 0.05) is 18.2 Å². The van der Waals surface area contributed by atoms with Gasteiger partial charge in [0.05, 0.1) is 0 Å². The van der Waals surface area contributed by atoms with Crippen LogP contribution >= 0.6 is 0 Å². The molecular weight excluding hydrogens is 264 g/mol. The van der Waals surface area contributed by atoms with Crippen LogP contribution < -0.4 is 5.32 Å². The highest BCUT2D eigenvalue weighted by Gasteiger charge is 2.11. The van der Waals surface area contributed by atoms with Crippen molar-refractivity contribution in [2.75, 3.05) is 5.32 Å². The number of nitrogens with zero attached hydrogens (tertiary/aromatic N) is 1. The number of benzene rings is 2. The van der Waals surface area contributed by atoms with Crippen molar-refractivity contribution >= 4 is 22.7 Å². The standard InChI is InChI=1S/C17H16N2O2/c1-10-4-5-11(2)15(8-10)19-17(20)13-6-7-14-16(9-13)21-12(3)18-14/h4-9H,1-3H3,(H,19,20). The summed E-state index contributed by atoms with van der Waals surface area (Å²) >= 11 is 0. The molecule has 0 spiro atoms. The number of carbonyl (C=O) groups excluding carboxylic acids is 1. The average molecular weight is 280 g/mol. The molecule has 4 nitrogen and oxygen atoms in total. The van der Waals surface area contributed by atoms with Gasteiger partial charge in [0.25, 0.3) is 5.91 Å². The molecule has 0 atom stereocenters. The van der Waals surface area contributed by atoms with Gasteiger partial charge in [-0.2, -0.15) is 0 Å². The van der Waals surface area contributed by atoms with Gasteiger partial charge >= 0.3 is 0 Å². The summed E-state index contributed by atoms with van der Waals surface area (Å²) in [5.74, 6) is 0.441. The van der Waals surface area contributed by atoms with Gasteiger partial charge in [-0.1, -0.05) is 12.1 Å². The van der Waals surface area contributed by atoms with Crippen LogP contribution in [0.5, 0.6) is 0 Å². The summed E-state index contributed by atoms with van der Waals surface area (Å²) in [5.41, 5.74) is 4.91. The fraction of sp³-hybridized carbons (Fsp3) is 0.176. The Morgan fingerprint density at radius 1 is 1.10 bits per heavy atom. The zero-order valence-electron chi connectivity index (χ0n) is 12.2. The lowest BCUT2D eigenvalue weighted by Crippen LogP contribution is -2.12. The van der Waals surface area contributed by atoms with Crippen LogP contribution in [0.1, 0.15) is 27.4 Å². The van der Waals surface area contributed by atoms with Crippen molar-refractivity contribution in [3.8, 4) is 0 Å².